The molecule has 2 rings (SSSR count). The van der Waals surface area contributed by atoms with Crippen molar-refractivity contribution >= 4 is 29.0 Å². The number of nitrogens with zero attached hydrogens (tertiary/aromatic N) is 2. The van der Waals surface area contributed by atoms with E-state index in [9.17, 15) is 20.0 Å². The number of nitriles is 1. The molecule has 0 atom stereocenters. The number of quaternary nitrogens is 1. The molecule has 0 aliphatic rings. The minimum atomic E-state index is -1.23. The SMILES string of the molecule is COc1ccc([NH2+]C=C(C(C)=N)C(=O)N(CC(=O)O)c2ccc(OCC(C)(C)C)c(C#N)c2)cc1. The number of hydrogen-bond donors (Lipinski definition) is 3. The fourth-order valence-electron chi connectivity index (χ4n) is 3.01. The van der Waals surface area contributed by atoms with Crippen molar-refractivity contribution in [3.05, 3.63) is 59.8 Å². The van der Waals surface area contributed by atoms with Crippen molar-refractivity contribution in [3.63, 3.8) is 0 Å². The van der Waals surface area contributed by atoms with Crippen LogP contribution >= 0.6 is 0 Å². The van der Waals surface area contributed by atoms with Gasteiger partial charge in [-0.1, -0.05) is 20.8 Å². The van der Waals surface area contributed by atoms with E-state index in [1.165, 1.54) is 25.3 Å². The standard InChI is InChI=1S/C26H30N4O5/c1-17(28)22(14-29-19-6-9-21(34-5)10-7-19)25(33)30(15-24(31)32)20-8-11-23(18(12-20)13-27)35-16-26(2,3)4/h6-12,14,28-29H,15-16H2,1-5H3,(H,31,32)/p+1. The topological polar surface area (TPSA) is 140 Å². The lowest BCUT2D eigenvalue weighted by molar-refractivity contribution is -0.496. The van der Waals surface area contributed by atoms with E-state index in [-0.39, 0.29) is 28.0 Å². The van der Waals surface area contributed by atoms with Gasteiger partial charge in [0.1, 0.15) is 41.6 Å². The number of carboxylic acids is 1. The van der Waals surface area contributed by atoms with Crippen LogP contribution in [0.25, 0.3) is 0 Å². The van der Waals surface area contributed by atoms with Gasteiger partial charge in [-0.25, -0.2) is 0 Å². The average Bonchev–Trinajstić information content (AvgIpc) is 2.80. The van der Waals surface area contributed by atoms with Crippen molar-refractivity contribution in [1.82, 2.24) is 0 Å². The number of carboxylic acid groups (broad SMARTS) is 1. The molecule has 35 heavy (non-hydrogen) atoms. The summed E-state index contributed by atoms with van der Waals surface area (Å²) in [6.07, 6.45) is 1.48. The summed E-state index contributed by atoms with van der Waals surface area (Å²) in [5.74, 6) is -0.870. The van der Waals surface area contributed by atoms with Gasteiger partial charge in [0.15, 0.2) is 0 Å². The minimum Gasteiger partial charge on any atom is -0.497 e. The number of nitrogens with one attached hydrogen (secondary N) is 1. The molecule has 0 spiro atoms. The molecule has 0 saturated heterocycles. The monoisotopic (exact) mass is 479 g/mol. The molecular weight excluding hydrogens is 448 g/mol. The summed E-state index contributed by atoms with van der Waals surface area (Å²) in [4.78, 5) is 26.0. The molecule has 0 bridgehead atoms. The van der Waals surface area contributed by atoms with E-state index < -0.39 is 18.4 Å². The predicted molar refractivity (Wildman–Crippen MR) is 132 cm³/mol. The lowest BCUT2D eigenvalue weighted by Crippen LogP contribution is -2.71. The summed E-state index contributed by atoms with van der Waals surface area (Å²) in [6.45, 7) is 7.18. The molecule has 0 heterocycles. The third-order valence-corrected chi connectivity index (χ3v) is 4.79. The van der Waals surface area contributed by atoms with Crippen molar-refractivity contribution in [3.8, 4) is 17.6 Å². The summed E-state index contributed by atoms with van der Waals surface area (Å²) in [7, 11) is 1.56. The maximum absolute atomic E-state index is 13.4. The zero-order chi connectivity index (χ0) is 26.2. The number of nitrogens with two attached hydrogens (primary N) is 1. The number of carbonyl (C=O) groups excluding carboxylic acids is 1. The molecule has 0 aromatic heterocycles. The van der Waals surface area contributed by atoms with Gasteiger partial charge in [-0.05, 0) is 42.7 Å². The molecule has 0 saturated carbocycles. The number of methoxy groups -OCH3 is 1. The van der Waals surface area contributed by atoms with Crippen LogP contribution in [0.1, 0.15) is 33.3 Å². The molecule has 0 aliphatic heterocycles. The summed E-state index contributed by atoms with van der Waals surface area (Å²) in [5.41, 5.74) is 1.03. The van der Waals surface area contributed by atoms with Gasteiger partial charge in [0.25, 0.3) is 5.91 Å². The Hall–Kier alpha value is -4.16. The lowest BCUT2D eigenvalue weighted by Gasteiger charge is -2.23. The second-order valence-electron chi connectivity index (χ2n) is 9.07. The van der Waals surface area contributed by atoms with Crippen molar-refractivity contribution in [1.29, 1.82) is 10.7 Å². The summed E-state index contributed by atoms with van der Waals surface area (Å²) in [5, 5.41) is 28.8. The Labute approximate surface area is 205 Å². The Morgan fingerprint density at radius 2 is 1.86 bits per heavy atom. The van der Waals surface area contributed by atoms with Crippen LogP contribution in [-0.4, -0.2) is 43.0 Å². The molecular formula is C26H31N4O5+. The van der Waals surface area contributed by atoms with Gasteiger partial charge in [0, 0.05) is 23.5 Å². The van der Waals surface area contributed by atoms with Gasteiger partial charge >= 0.3 is 5.97 Å². The van der Waals surface area contributed by atoms with Crippen LogP contribution in [-0.2, 0) is 9.59 Å². The average molecular weight is 480 g/mol. The number of hydrogen-bond acceptors (Lipinski definition) is 6. The van der Waals surface area contributed by atoms with Crippen LogP contribution in [0.5, 0.6) is 11.5 Å². The van der Waals surface area contributed by atoms with Crippen molar-refractivity contribution in [2.45, 2.75) is 27.7 Å². The highest BCUT2D eigenvalue weighted by atomic mass is 16.5. The smallest absolute Gasteiger partial charge is 0.323 e. The van der Waals surface area contributed by atoms with Gasteiger partial charge in [-0.15, -0.1) is 0 Å². The highest BCUT2D eigenvalue weighted by Gasteiger charge is 2.26. The molecule has 9 nitrogen and oxygen atoms in total. The highest BCUT2D eigenvalue weighted by Crippen LogP contribution is 2.27. The fourth-order valence-corrected chi connectivity index (χ4v) is 3.01. The van der Waals surface area contributed by atoms with Crippen molar-refractivity contribution in [2.24, 2.45) is 5.41 Å². The van der Waals surface area contributed by atoms with Gasteiger partial charge < -0.3 is 20.0 Å². The molecule has 0 fully saturated rings. The lowest BCUT2D eigenvalue weighted by atomic mass is 9.98. The van der Waals surface area contributed by atoms with Crippen LogP contribution in [0.2, 0.25) is 0 Å². The Balaban J connectivity index is 2.39. The zero-order valence-corrected chi connectivity index (χ0v) is 20.6. The number of anilines is 1. The number of amides is 1. The molecule has 0 aliphatic carbocycles. The second kappa shape index (κ2) is 11.8. The number of ether oxygens (including phenoxy) is 2. The summed E-state index contributed by atoms with van der Waals surface area (Å²) >= 11 is 0. The number of benzene rings is 2. The molecule has 0 radical (unpaired) electrons. The Morgan fingerprint density at radius 3 is 2.37 bits per heavy atom. The largest absolute Gasteiger partial charge is 0.497 e. The summed E-state index contributed by atoms with van der Waals surface area (Å²) in [6, 6.07) is 13.7. The maximum Gasteiger partial charge on any atom is 0.323 e. The van der Waals surface area contributed by atoms with Crippen LogP contribution < -0.4 is 19.7 Å². The maximum atomic E-state index is 13.4. The Bertz CT molecular complexity index is 1160. The molecule has 0 unspecified atom stereocenters. The molecule has 9 heteroatoms. The number of aliphatic carboxylic acids is 1. The van der Waals surface area contributed by atoms with Gasteiger partial charge in [-0.2, -0.15) is 5.26 Å². The first-order valence-corrected chi connectivity index (χ1v) is 10.9. The zero-order valence-electron chi connectivity index (χ0n) is 20.6. The predicted octanol–water partition coefficient (Wildman–Crippen LogP) is 3.23. The van der Waals surface area contributed by atoms with Crippen LogP contribution in [0.15, 0.2) is 54.2 Å². The van der Waals surface area contributed by atoms with E-state index in [2.05, 4.69) is 0 Å². The summed E-state index contributed by atoms with van der Waals surface area (Å²) < 4.78 is 10.9. The highest BCUT2D eigenvalue weighted by molar-refractivity contribution is 6.24. The number of rotatable bonds is 10. The molecule has 184 valence electrons. The van der Waals surface area contributed by atoms with E-state index >= 15 is 0 Å². The van der Waals surface area contributed by atoms with Gasteiger partial charge in [-0.3, -0.25) is 19.8 Å². The van der Waals surface area contributed by atoms with Crippen molar-refractivity contribution in [2.75, 3.05) is 25.2 Å². The van der Waals surface area contributed by atoms with Crippen molar-refractivity contribution < 1.29 is 29.5 Å². The first kappa shape index (κ1) is 27.1. The quantitative estimate of drug-likeness (QED) is 0.271. The molecule has 2 aromatic rings. The van der Waals surface area contributed by atoms with Gasteiger partial charge in [0.2, 0.25) is 0 Å². The van der Waals surface area contributed by atoms with E-state index in [1.807, 2.05) is 26.8 Å². The fraction of sp³-hybridized carbons (Fsp3) is 0.308. The second-order valence-corrected chi connectivity index (χ2v) is 9.07. The third kappa shape index (κ3) is 7.98. The van der Waals surface area contributed by atoms with E-state index in [0.717, 1.165) is 10.6 Å². The molecule has 4 N–H and O–H groups in total. The number of carbonyl (C=O) groups is 2. The Morgan fingerprint density at radius 1 is 1.20 bits per heavy atom. The first-order chi connectivity index (χ1) is 16.4. The van der Waals surface area contributed by atoms with Crippen LogP contribution in [0.3, 0.4) is 0 Å². The molecule has 1 amide bonds. The van der Waals surface area contributed by atoms with E-state index in [0.29, 0.717) is 18.1 Å². The van der Waals surface area contributed by atoms with Crippen LogP contribution in [0.4, 0.5) is 11.4 Å². The molecule has 2 aromatic carbocycles. The first-order valence-electron chi connectivity index (χ1n) is 10.9. The van der Waals surface area contributed by atoms with E-state index in [4.69, 9.17) is 14.9 Å². The van der Waals surface area contributed by atoms with E-state index in [1.54, 1.807) is 42.8 Å². The Kier molecular flexibility index (Phi) is 9.14. The van der Waals surface area contributed by atoms with Crippen LogP contribution in [0, 0.1) is 22.2 Å². The normalized spacial score (nSPS) is 11.4. The minimum absolute atomic E-state index is 0.0219. The third-order valence-electron chi connectivity index (χ3n) is 4.79. The van der Waals surface area contributed by atoms with Gasteiger partial charge in [0.05, 0.1) is 19.3 Å².